The fraction of sp³-hybridized carbons (Fsp3) is 0.381. The molecule has 0 spiro atoms. The zero-order valence-electron chi connectivity index (χ0n) is 15.5. The molecule has 0 N–H and O–H groups in total. The van der Waals surface area contributed by atoms with Gasteiger partial charge in [-0.2, -0.15) is 4.31 Å². The molecule has 2 aromatic rings. The van der Waals surface area contributed by atoms with Crippen molar-refractivity contribution in [3.8, 4) is 0 Å². The van der Waals surface area contributed by atoms with E-state index in [0.29, 0.717) is 18.7 Å². The molecule has 0 aliphatic carbocycles. The molecule has 6 heteroatoms. The van der Waals surface area contributed by atoms with Crippen molar-refractivity contribution in [2.24, 2.45) is 0 Å². The van der Waals surface area contributed by atoms with Crippen LogP contribution >= 0.6 is 0 Å². The lowest BCUT2D eigenvalue weighted by molar-refractivity contribution is 0.101. The number of ketones is 1. The molecular formula is C21H24N2O3S. The number of benzene rings is 2. The van der Waals surface area contributed by atoms with Gasteiger partial charge in [-0.3, -0.25) is 9.69 Å². The molecule has 4 rings (SSSR count). The fourth-order valence-electron chi connectivity index (χ4n) is 4.08. The van der Waals surface area contributed by atoms with Gasteiger partial charge in [0.05, 0.1) is 4.90 Å². The van der Waals surface area contributed by atoms with Crippen molar-refractivity contribution < 1.29 is 13.2 Å². The Morgan fingerprint density at radius 2 is 1.81 bits per heavy atom. The molecule has 5 nitrogen and oxygen atoms in total. The summed E-state index contributed by atoms with van der Waals surface area (Å²) in [6, 6.07) is 15.1. The first-order valence-electron chi connectivity index (χ1n) is 9.37. The van der Waals surface area contributed by atoms with Gasteiger partial charge in [0.1, 0.15) is 0 Å². The van der Waals surface area contributed by atoms with Gasteiger partial charge in [0, 0.05) is 37.8 Å². The van der Waals surface area contributed by atoms with Gasteiger partial charge in [-0.05, 0) is 43.0 Å². The van der Waals surface area contributed by atoms with Crippen LogP contribution in [0.1, 0.15) is 34.8 Å². The Morgan fingerprint density at radius 3 is 2.59 bits per heavy atom. The van der Waals surface area contributed by atoms with E-state index in [-0.39, 0.29) is 16.7 Å². The average molecular weight is 385 g/mol. The van der Waals surface area contributed by atoms with Crippen LogP contribution in [0.25, 0.3) is 0 Å². The summed E-state index contributed by atoms with van der Waals surface area (Å²) in [7, 11) is -3.57. The van der Waals surface area contributed by atoms with E-state index in [1.807, 2.05) is 0 Å². The molecule has 2 aliphatic rings. The largest absolute Gasteiger partial charge is 0.295 e. The summed E-state index contributed by atoms with van der Waals surface area (Å²) in [6.07, 6.45) is 1.86. The third kappa shape index (κ3) is 3.57. The van der Waals surface area contributed by atoms with Crippen molar-refractivity contribution >= 4 is 15.8 Å². The predicted octanol–water partition coefficient (Wildman–Crippen LogP) is 2.71. The number of rotatable bonds is 4. The van der Waals surface area contributed by atoms with E-state index in [1.54, 1.807) is 22.5 Å². The second-order valence-electron chi connectivity index (χ2n) is 7.38. The molecule has 2 aliphatic heterocycles. The Balaban J connectivity index is 1.49. The van der Waals surface area contributed by atoms with E-state index >= 15 is 0 Å². The van der Waals surface area contributed by atoms with E-state index in [0.717, 1.165) is 25.9 Å². The molecular weight excluding hydrogens is 360 g/mol. The van der Waals surface area contributed by atoms with Crippen molar-refractivity contribution in [3.63, 3.8) is 0 Å². The summed E-state index contributed by atoms with van der Waals surface area (Å²) in [5, 5.41) is 0. The first-order valence-corrected chi connectivity index (χ1v) is 10.8. The second kappa shape index (κ2) is 7.19. The maximum absolute atomic E-state index is 13.0. The topological polar surface area (TPSA) is 57.7 Å². The number of nitrogens with zero attached hydrogens (tertiary/aromatic N) is 2. The summed E-state index contributed by atoms with van der Waals surface area (Å²) in [5.74, 6) is -0.127. The molecule has 1 fully saturated rings. The number of Topliss-reactive ketones (excluding diaryl/α,β-unsaturated/α-hetero) is 1. The Bertz CT molecular complexity index is 971. The number of sulfonamides is 1. The summed E-state index contributed by atoms with van der Waals surface area (Å²) >= 11 is 0. The van der Waals surface area contributed by atoms with Gasteiger partial charge in [-0.15, -0.1) is 0 Å². The number of carbonyl (C=O) groups excluding carboxylic acids is 1. The van der Waals surface area contributed by atoms with Crippen LogP contribution in [0.5, 0.6) is 0 Å². The average Bonchev–Trinajstić information content (AvgIpc) is 3.19. The summed E-state index contributed by atoms with van der Waals surface area (Å²) in [4.78, 5) is 14.2. The van der Waals surface area contributed by atoms with E-state index in [4.69, 9.17) is 0 Å². The van der Waals surface area contributed by atoms with Gasteiger partial charge in [0.15, 0.2) is 5.78 Å². The molecule has 27 heavy (non-hydrogen) atoms. The van der Waals surface area contributed by atoms with Crippen molar-refractivity contribution in [3.05, 3.63) is 65.2 Å². The molecule has 0 bridgehead atoms. The fourth-order valence-corrected chi connectivity index (χ4v) is 5.62. The van der Waals surface area contributed by atoms with Crippen molar-refractivity contribution in [1.29, 1.82) is 0 Å². The normalized spacial score (nSPS) is 21.1. The molecule has 0 saturated carbocycles. The smallest absolute Gasteiger partial charge is 0.243 e. The third-order valence-electron chi connectivity index (χ3n) is 5.68. The molecule has 0 amide bonds. The highest BCUT2D eigenvalue weighted by molar-refractivity contribution is 7.89. The zero-order chi connectivity index (χ0) is 19.0. The third-order valence-corrected chi connectivity index (χ3v) is 7.54. The van der Waals surface area contributed by atoms with Crippen molar-refractivity contribution in [1.82, 2.24) is 9.21 Å². The standard InChI is InChI=1S/C21H24N2O3S/c1-16(24)18-7-4-8-21(13-18)27(25,26)23-12-10-20(15-23)22-11-9-17-5-2-3-6-19(17)14-22/h2-8,13,20H,9-12,14-15H2,1H3. The van der Waals surface area contributed by atoms with Crippen LogP contribution in [0, 0.1) is 0 Å². The van der Waals surface area contributed by atoms with Gasteiger partial charge >= 0.3 is 0 Å². The van der Waals surface area contributed by atoms with Crippen LogP contribution in [0.4, 0.5) is 0 Å². The highest BCUT2D eigenvalue weighted by Gasteiger charge is 2.36. The lowest BCUT2D eigenvalue weighted by Gasteiger charge is -2.33. The van der Waals surface area contributed by atoms with Crippen molar-refractivity contribution in [2.75, 3.05) is 19.6 Å². The van der Waals surface area contributed by atoms with E-state index in [1.165, 1.54) is 24.1 Å². The van der Waals surface area contributed by atoms with Gasteiger partial charge in [-0.25, -0.2) is 8.42 Å². The van der Waals surface area contributed by atoms with Crippen LogP contribution in [0.3, 0.4) is 0 Å². The maximum atomic E-state index is 13.0. The Morgan fingerprint density at radius 1 is 1.04 bits per heavy atom. The summed E-state index contributed by atoms with van der Waals surface area (Å²) in [6.45, 7) is 4.33. The summed E-state index contributed by atoms with van der Waals surface area (Å²) < 4.78 is 27.6. The molecule has 2 aromatic carbocycles. The quantitative estimate of drug-likeness (QED) is 0.761. The van der Waals surface area contributed by atoms with E-state index in [9.17, 15) is 13.2 Å². The Kier molecular flexibility index (Phi) is 4.88. The number of hydrogen-bond donors (Lipinski definition) is 0. The SMILES string of the molecule is CC(=O)c1cccc(S(=O)(=O)N2CCC(N3CCc4ccccc4C3)C2)c1. The Hall–Kier alpha value is -2.02. The van der Waals surface area contributed by atoms with E-state index < -0.39 is 10.0 Å². The van der Waals surface area contributed by atoms with E-state index in [2.05, 4.69) is 29.2 Å². The Labute approximate surface area is 160 Å². The molecule has 142 valence electrons. The van der Waals surface area contributed by atoms with Crippen LogP contribution in [0.15, 0.2) is 53.4 Å². The first kappa shape index (κ1) is 18.3. The first-order chi connectivity index (χ1) is 12.9. The monoisotopic (exact) mass is 384 g/mol. The molecule has 0 radical (unpaired) electrons. The van der Waals surface area contributed by atoms with Gasteiger partial charge in [0.2, 0.25) is 10.0 Å². The van der Waals surface area contributed by atoms with Crippen molar-refractivity contribution in [2.45, 2.75) is 37.2 Å². The maximum Gasteiger partial charge on any atom is 0.243 e. The molecule has 1 atom stereocenters. The highest BCUT2D eigenvalue weighted by Crippen LogP contribution is 2.28. The van der Waals surface area contributed by atoms with Gasteiger partial charge in [-0.1, -0.05) is 36.4 Å². The number of hydrogen-bond acceptors (Lipinski definition) is 4. The zero-order valence-corrected chi connectivity index (χ0v) is 16.3. The molecule has 1 unspecified atom stereocenters. The van der Waals surface area contributed by atoms with Crippen LogP contribution in [0.2, 0.25) is 0 Å². The molecule has 1 saturated heterocycles. The predicted molar refractivity (Wildman–Crippen MR) is 104 cm³/mol. The lowest BCUT2D eigenvalue weighted by atomic mass is 9.98. The minimum Gasteiger partial charge on any atom is -0.295 e. The van der Waals surface area contributed by atoms with Crippen LogP contribution < -0.4 is 0 Å². The van der Waals surface area contributed by atoms with Crippen LogP contribution in [-0.2, 0) is 23.0 Å². The minimum absolute atomic E-state index is 0.127. The highest BCUT2D eigenvalue weighted by atomic mass is 32.2. The molecule has 0 aromatic heterocycles. The summed E-state index contributed by atoms with van der Waals surface area (Å²) in [5.41, 5.74) is 3.18. The second-order valence-corrected chi connectivity index (χ2v) is 9.32. The van der Waals surface area contributed by atoms with Crippen LogP contribution in [-0.4, -0.2) is 49.1 Å². The minimum atomic E-state index is -3.57. The van der Waals surface area contributed by atoms with Gasteiger partial charge in [0.25, 0.3) is 0 Å². The molecule has 2 heterocycles. The lowest BCUT2D eigenvalue weighted by Crippen LogP contribution is -2.41. The number of carbonyl (C=O) groups is 1. The number of fused-ring (bicyclic) bond motifs is 1. The van der Waals surface area contributed by atoms with Gasteiger partial charge < -0.3 is 0 Å².